The van der Waals surface area contributed by atoms with Crippen LogP contribution >= 0.6 is 11.8 Å². The SMILES string of the molecule is CSc1oc2c(C)cccc2c1C(F)(F)F. The molecule has 86 valence electrons. The summed E-state index contributed by atoms with van der Waals surface area (Å²) in [7, 11) is 0. The lowest BCUT2D eigenvalue weighted by molar-refractivity contribution is -0.139. The third-order valence-electron chi connectivity index (χ3n) is 2.35. The van der Waals surface area contributed by atoms with Gasteiger partial charge in [-0.3, -0.25) is 0 Å². The van der Waals surface area contributed by atoms with Crippen molar-refractivity contribution in [1.29, 1.82) is 0 Å². The highest BCUT2D eigenvalue weighted by molar-refractivity contribution is 7.98. The lowest BCUT2D eigenvalue weighted by atomic mass is 10.1. The molecule has 0 amide bonds. The van der Waals surface area contributed by atoms with Crippen molar-refractivity contribution < 1.29 is 17.6 Å². The summed E-state index contributed by atoms with van der Waals surface area (Å²) in [5.74, 6) is 0. The standard InChI is InChI=1S/C11H9F3OS/c1-6-4-3-5-7-8(11(12,13)14)10(16-2)15-9(6)7/h3-5H,1-2H3. The second-order valence-corrected chi connectivity index (χ2v) is 4.20. The Morgan fingerprint density at radius 2 is 1.94 bits per heavy atom. The molecule has 5 heteroatoms. The van der Waals surface area contributed by atoms with Gasteiger partial charge in [0.15, 0.2) is 5.09 Å². The number of thioether (sulfide) groups is 1. The molecule has 0 N–H and O–H groups in total. The average molecular weight is 246 g/mol. The van der Waals surface area contributed by atoms with Crippen LogP contribution in [-0.2, 0) is 6.18 Å². The van der Waals surface area contributed by atoms with E-state index in [1.807, 2.05) is 0 Å². The molecule has 2 aromatic rings. The summed E-state index contributed by atoms with van der Waals surface area (Å²) >= 11 is 0.970. The van der Waals surface area contributed by atoms with Gasteiger partial charge < -0.3 is 4.42 Å². The topological polar surface area (TPSA) is 13.1 Å². The molecule has 0 aliphatic rings. The van der Waals surface area contributed by atoms with Crippen molar-refractivity contribution >= 4 is 22.7 Å². The van der Waals surface area contributed by atoms with E-state index in [0.29, 0.717) is 11.1 Å². The van der Waals surface area contributed by atoms with Crippen molar-refractivity contribution in [3.63, 3.8) is 0 Å². The summed E-state index contributed by atoms with van der Waals surface area (Å²) in [4.78, 5) is 0. The van der Waals surface area contributed by atoms with Gasteiger partial charge in [0, 0.05) is 5.39 Å². The molecule has 0 radical (unpaired) electrons. The second kappa shape index (κ2) is 3.73. The fourth-order valence-electron chi connectivity index (χ4n) is 1.65. The van der Waals surface area contributed by atoms with Gasteiger partial charge in [-0.05, 0) is 18.7 Å². The molecule has 0 bridgehead atoms. The van der Waals surface area contributed by atoms with Gasteiger partial charge in [-0.25, -0.2) is 0 Å². The van der Waals surface area contributed by atoms with Gasteiger partial charge in [0.05, 0.1) is 0 Å². The van der Waals surface area contributed by atoms with Crippen molar-refractivity contribution in [2.75, 3.05) is 6.26 Å². The minimum Gasteiger partial charge on any atom is -0.449 e. The molecule has 1 aromatic carbocycles. The molecule has 0 fully saturated rings. The van der Waals surface area contributed by atoms with Crippen LogP contribution in [0, 0.1) is 6.92 Å². The molecule has 0 spiro atoms. The van der Waals surface area contributed by atoms with Crippen LogP contribution in [-0.4, -0.2) is 6.26 Å². The molecule has 2 rings (SSSR count). The van der Waals surface area contributed by atoms with Crippen LogP contribution in [0.25, 0.3) is 11.0 Å². The van der Waals surface area contributed by atoms with Gasteiger partial charge in [0.25, 0.3) is 0 Å². The molecule has 0 aliphatic carbocycles. The highest BCUT2D eigenvalue weighted by Gasteiger charge is 2.38. The largest absolute Gasteiger partial charge is 0.449 e. The Kier molecular flexibility index (Phi) is 2.66. The monoisotopic (exact) mass is 246 g/mol. The van der Waals surface area contributed by atoms with Gasteiger partial charge in [-0.2, -0.15) is 13.2 Å². The normalized spacial score (nSPS) is 12.3. The van der Waals surface area contributed by atoms with Crippen molar-refractivity contribution in [1.82, 2.24) is 0 Å². The Hall–Kier alpha value is -1.10. The van der Waals surface area contributed by atoms with E-state index in [9.17, 15) is 13.2 Å². The van der Waals surface area contributed by atoms with Crippen LogP contribution < -0.4 is 0 Å². The lowest BCUT2D eigenvalue weighted by Gasteiger charge is -2.05. The highest BCUT2D eigenvalue weighted by atomic mass is 32.2. The molecule has 0 saturated heterocycles. The quantitative estimate of drug-likeness (QED) is 0.688. The van der Waals surface area contributed by atoms with Crippen LogP contribution in [0.15, 0.2) is 27.7 Å². The number of benzene rings is 1. The summed E-state index contributed by atoms with van der Waals surface area (Å²) in [6.45, 7) is 1.73. The van der Waals surface area contributed by atoms with Crippen LogP contribution in [0.3, 0.4) is 0 Å². The maximum atomic E-state index is 12.9. The minimum atomic E-state index is -4.38. The summed E-state index contributed by atoms with van der Waals surface area (Å²) < 4.78 is 43.8. The third kappa shape index (κ3) is 1.69. The number of aryl methyl sites for hydroxylation is 1. The van der Waals surface area contributed by atoms with Crippen molar-refractivity contribution in [2.45, 2.75) is 18.2 Å². The van der Waals surface area contributed by atoms with Gasteiger partial charge in [0.2, 0.25) is 0 Å². The average Bonchev–Trinajstić information content (AvgIpc) is 2.57. The van der Waals surface area contributed by atoms with Crippen LogP contribution in [0.5, 0.6) is 0 Å². The number of alkyl halides is 3. The summed E-state index contributed by atoms with van der Waals surface area (Å²) in [5.41, 5.74) is 0.362. The van der Waals surface area contributed by atoms with E-state index in [0.717, 1.165) is 11.8 Å². The van der Waals surface area contributed by atoms with Gasteiger partial charge in [-0.1, -0.05) is 30.0 Å². The first-order valence-electron chi connectivity index (χ1n) is 4.58. The number of fused-ring (bicyclic) bond motifs is 1. The molecule has 1 aromatic heterocycles. The maximum absolute atomic E-state index is 12.9. The van der Waals surface area contributed by atoms with E-state index in [1.54, 1.807) is 25.3 Å². The van der Waals surface area contributed by atoms with Crippen molar-refractivity contribution in [3.8, 4) is 0 Å². The number of furan rings is 1. The van der Waals surface area contributed by atoms with Crippen LogP contribution in [0.4, 0.5) is 13.2 Å². The summed E-state index contributed by atoms with van der Waals surface area (Å²) in [6, 6.07) is 4.77. The minimum absolute atomic E-state index is 0.0724. The van der Waals surface area contributed by atoms with E-state index < -0.39 is 11.7 Å². The second-order valence-electron chi connectivity index (χ2n) is 3.42. The molecule has 0 saturated carbocycles. The molecule has 1 nitrogen and oxygen atoms in total. The fourth-order valence-corrected chi connectivity index (χ4v) is 2.25. The predicted octanol–water partition coefficient (Wildman–Crippen LogP) is 4.48. The molecule has 1 heterocycles. The van der Waals surface area contributed by atoms with Crippen molar-refractivity contribution in [2.24, 2.45) is 0 Å². The molecular weight excluding hydrogens is 237 g/mol. The molecule has 16 heavy (non-hydrogen) atoms. The number of halogens is 3. The summed E-state index contributed by atoms with van der Waals surface area (Å²) in [5, 5.41) is 0.0636. The summed E-state index contributed by atoms with van der Waals surface area (Å²) in [6.07, 6.45) is -2.81. The van der Waals surface area contributed by atoms with E-state index >= 15 is 0 Å². The Bertz CT molecular complexity index is 528. The third-order valence-corrected chi connectivity index (χ3v) is 3.01. The van der Waals surface area contributed by atoms with Gasteiger partial charge in [-0.15, -0.1) is 0 Å². The zero-order valence-electron chi connectivity index (χ0n) is 8.68. The highest BCUT2D eigenvalue weighted by Crippen LogP contribution is 2.43. The number of hydrogen-bond donors (Lipinski definition) is 0. The van der Waals surface area contributed by atoms with E-state index in [-0.39, 0.29) is 10.5 Å². The Morgan fingerprint density at radius 1 is 1.25 bits per heavy atom. The van der Waals surface area contributed by atoms with Gasteiger partial charge >= 0.3 is 6.18 Å². The maximum Gasteiger partial charge on any atom is 0.421 e. The molecular formula is C11H9F3OS. The zero-order chi connectivity index (χ0) is 11.9. The first kappa shape index (κ1) is 11.4. The predicted molar refractivity (Wildman–Crippen MR) is 57.7 cm³/mol. The zero-order valence-corrected chi connectivity index (χ0v) is 9.50. The number of para-hydroxylation sites is 1. The Balaban J connectivity index is 2.84. The lowest BCUT2D eigenvalue weighted by Crippen LogP contribution is -2.05. The fraction of sp³-hybridized carbons (Fsp3) is 0.273. The van der Waals surface area contributed by atoms with E-state index in [4.69, 9.17) is 4.42 Å². The molecule has 0 atom stereocenters. The molecule has 0 aliphatic heterocycles. The Labute approximate surface area is 94.6 Å². The van der Waals surface area contributed by atoms with E-state index in [1.165, 1.54) is 6.07 Å². The number of rotatable bonds is 1. The number of hydrogen-bond acceptors (Lipinski definition) is 2. The van der Waals surface area contributed by atoms with Crippen LogP contribution in [0.1, 0.15) is 11.1 Å². The first-order chi connectivity index (χ1) is 7.45. The Morgan fingerprint density at radius 3 is 2.50 bits per heavy atom. The van der Waals surface area contributed by atoms with Crippen LogP contribution in [0.2, 0.25) is 0 Å². The molecule has 0 unspecified atom stereocenters. The van der Waals surface area contributed by atoms with Gasteiger partial charge in [0.1, 0.15) is 11.1 Å². The smallest absolute Gasteiger partial charge is 0.421 e. The van der Waals surface area contributed by atoms with E-state index in [2.05, 4.69) is 0 Å². The first-order valence-corrected chi connectivity index (χ1v) is 5.81. The van der Waals surface area contributed by atoms with Crippen molar-refractivity contribution in [3.05, 3.63) is 29.3 Å².